The van der Waals surface area contributed by atoms with E-state index in [2.05, 4.69) is 141 Å². The SMILES string of the molecule is C=CC[C@@H](Cc1ccccc1)OC(C/C(O[Si](C)(C)C(C)(C)C)=C(/C)CO[Si](c1ccccc1)(c1ccccc1)C(C)(C)C)OC(C)=O. The smallest absolute Gasteiger partial charge is 0.304 e. The summed E-state index contributed by atoms with van der Waals surface area (Å²) in [4.78, 5) is 12.4. The highest BCUT2D eigenvalue weighted by molar-refractivity contribution is 6.99. The van der Waals surface area contributed by atoms with Crippen LogP contribution in [0.1, 0.15) is 73.8 Å². The minimum atomic E-state index is -2.81. The first kappa shape index (κ1) is 39.2. The van der Waals surface area contributed by atoms with Crippen LogP contribution in [-0.4, -0.2) is 41.6 Å². The van der Waals surface area contributed by atoms with E-state index in [1.54, 1.807) is 0 Å². The van der Waals surface area contributed by atoms with Crippen LogP contribution in [0.15, 0.2) is 115 Å². The van der Waals surface area contributed by atoms with Crippen LogP contribution in [0.5, 0.6) is 0 Å². The Balaban J connectivity index is 2.08. The predicted molar refractivity (Wildman–Crippen MR) is 205 cm³/mol. The molecule has 0 fully saturated rings. The maximum absolute atomic E-state index is 12.4. The Labute approximate surface area is 292 Å². The van der Waals surface area contributed by atoms with Crippen LogP contribution in [-0.2, 0) is 29.5 Å². The maximum atomic E-state index is 12.4. The Morgan fingerprint density at radius 1 is 0.792 bits per heavy atom. The second-order valence-electron chi connectivity index (χ2n) is 15.2. The fraction of sp³-hybridized carbons (Fsp3) is 0.439. The van der Waals surface area contributed by atoms with E-state index in [1.807, 2.05) is 24.3 Å². The highest BCUT2D eigenvalue weighted by atomic mass is 28.4. The summed E-state index contributed by atoms with van der Waals surface area (Å²) in [6.45, 7) is 25.8. The van der Waals surface area contributed by atoms with Crippen molar-refractivity contribution in [2.45, 2.75) is 110 Å². The van der Waals surface area contributed by atoms with Crippen molar-refractivity contribution < 1.29 is 23.1 Å². The number of ether oxygens (including phenoxy) is 2. The minimum absolute atomic E-state index is 0.0478. The van der Waals surface area contributed by atoms with Crippen molar-refractivity contribution in [2.24, 2.45) is 0 Å². The van der Waals surface area contributed by atoms with E-state index >= 15 is 0 Å². The molecule has 0 aliphatic carbocycles. The maximum Gasteiger partial charge on any atom is 0.304 e. The fourth-order valence-corrected chi connectivity index (χ4v) is 11.5. The van der Waals surface area contributed by atoms with E-state index in [9.17, 15) is 4.79 Å². The molecule has 0 heterocycles. The number of rotatable bonds is 16. The van der Waals surface area contributed by atoms with Gasteiger partial charge in [-0.1, -0.05) is 139 Å². The number of carbonyl (C=O) groups excluding carboxylic acids is 1. The van der Waals surface area contributed by atoms with E-state index in [0.29, 0.717) is 19.4 Å². The van der Waals surface area contributed by atoms with E-state index in [0.717, 1.165) is 16.9 Å². The molecule has 0 aliphatic heterocycles. The van der Waals surface area contributed by atoms with Gasteiger partial charge in [0.05, 0.1) is 24.9 Å². The third-order valence-electron chi connectivity index (χ3n) is 9.31. The Kier molecular flexibility index (Phi) is 13.8. The number of hydrogen-bond acceptors (Lipinski definition) is 5. The molecule has 2 atom stereocenters. The average molecular weight is 687 g/mol. The molecule has 48 heavy (non-hydrogen) atoms. The van der Waals surface area contributed by atoms with Gasteiger partial charge in [0, 0.05) is 6.92 Å². The standard InChI is InChI=1S/C41H58O5Si2/c1-12-22-35(29-34-23-16-13-17-24-34)45-39(44-33(3)42)30-38(46-47(10,11)40(4,5)6)32(2)31-43-48(41(7,8)9,36-25-18-14-19-26-36)37-27-20-15-21-28-37/h12-21,23-28,35,39H,1,22,29-31H2,2-11H3/b38-32+/t35-,39?/m0/s1. The molecule has 0 amide bonds. The Bertz CT molecular complexity index is 1430. The molecule has 3 aromatic rings. The lowest BCUT2D eigenvalue weighted by molar-refractivity contribution is -0.187. The third-order valence-corrected chi connectivity index (χ3v) is 18.7. The summed E-state index contributed by atoms with van der Waals surface area (Å²) in [5, 5.41) is 2.22. The summed E-state index contributed by atoms with van der Waals surface area (Å²) in [5.74, 6) is 0.368. The van der Waals surface area contributed by atoms with Gasteiger partial charge in [0.15, 0.2) is 0 Å². The molecule has 3 rings (SSSR count). The van der Waals surface area contributed by atoms with Crippen LogP contribution in [0.25, 0.3) is 0 Å². The van der Waals surface area contributed by atoms with Crippen LogP contribution in [0.3, 0.4) is 0 Å². The molecule has 0 aromatic heterocycles. The molecule has 0 aliphatic rings. The van der Waals surface area contributed by atoms with E-state index < -0.39 is 28.9 Å². The highest BCUT2D eigenvalue weighted by Gasteiger charge is 2.50. The van der Waals surface area contributed by atoms with Crippen LogP contribution in [0, 0.1) is 0 Å². The van der Waals surface area contributed by atoms with E-state index in [4.69, 9.17) is 18.3 Å². The molecule has 5 nitrogen and oxygen atoms in total. The lowest BCUT2D eigenvalue weighted by Crippen LogP contribution is -2.66. The zero-order valence-corrected chi connectivity index (χ0v) is 33.0. The van der Waals surface area contributed by atoms with Gasteiger partial charge in [-0.25, -0.2) is 0 Å². The molecule has 0 saturated heterocycles. The normalized spacial score (nSPS) is 14.5. The molecule has 0 N–H and O–H groups in total. The summed E-state index contributed by atoms with van der Waals surface area (Å²) in [5.41, 5.74) is 2.12. The second-order valence-corrected chi connectivity index (χ2v) is 24.3. The second kappa shape index (κ2) is 16.9. The quantitative estimate of drug-likeness (QED) is 0.0494. The molecule has 1 unspecified atom stereocenters. The lowest BCUT2D eigenvalue weighted by Gasteiger charge is -2.43. The molecule has 0 saturated carbocycles. The average Bonchev–Trinajstić information content (AvgIpc) is 3.01. The molecule has 3 aromatic carbocycles. The number of benzene rings is 3. The van der Waals surface area contributed by atoms with Crippen LogP contribution in [0.2, 0.25) is 23.2 Å². The number of esters is 1. The van der Waals surface area contributed by atoms with Crippen molar-refractivity contribution in [3.05, 3.63) is 121 Å². The van der Waals surface area contributed by atoms with Gasteiger partial charge in [-0.05, 0) is 64.4 Å². The first-order valence-corrected chi connectivity index (χ1v) is 21.9. The van der Waals surface area contributed by atoms with Gasteiger partial charge < -0.3 is 18.3 Å². The molecule has 7 heteroatoms. The molecule has 0 bridgehead atoms. The molecule has 0 spiro atoms. The van der Waals surface area contributed by atoms with Gasteiger partial charge in [0.1, 0.15) is 0 Å². The zero-order valence-electron chi connectivity index (χ0n) is 31.0. The van der Waals surface area contributed by atoms with Gasteiger partial charge in [-0.3, -0.25) is 4.79 Å². The molecular weight excluding hydrogens is 629 g/mol. The summed E-state index contributed by atoms with van der Waals surface area (Å²) in [6, 6.07) is 31.5. The molecule has 260 valence electrons. The van der Waals surface area contributed by atoms with Crippen LogP contribution >= 0.6 is 0 Å². The van der Waals surface area contributed by atoms with Gasteiger partial charge in [-0.15, -0.1) is 6.58 Å². The molecular formula is C41H58O5Si2. The summed E-state index contributed by atoms with van der Waals surface area (Å²) in [6.07, 6.45) is 2.36. The van der Waals surface area contributed by atoms with E-state index in [1.165, 1.54) is 17.3 Å². The Hall–Kier alpha value is -3.24. The van der Waals surface area contributed by atoms with Crippen molar-refractivity contribution in [1.82, 2.24) is 0 Å². The van der Waals surface area contributed by atoms with Gasteiger partial charge in [0.25, 0.3) is 8.32 Å². The van der Waals surface area contributed by atoms with Crippen LogP contribution < -0.4 is 10.4 Å². The molecule has 0 radical (unpaired) electrons. The lowest BCUT2D eigenvalue weighted by atomic mass is 10.1. The summed E-state index contributed by atoms with van der Waals surface area (Å²) >= 11 is 0. The first-order chi connectivity index (χ1) is 22.5. The number of carbonyl (C=O) groups is 1. The van der Waals surface area contributed by atoms with Crippen molar-refractivity contribution in [3.63, 3.8) is 0 Å². The highest BCUT2D eigenvalue weighted by Crippen LogP contribution is 2.40. The Morgan fingerprint density at radius 2 is 1.29 bits per heavy atom. The minimum Gasteiger partial charge on any atom is -0.546 e. The van der Waals surface area contributed by atoms with Crippen molar-refractivity contribution in [2.75, 3.05) is 6.61 Å². The first-order valence-electron chi connectivity index (χ1n) is 17.1. The number of hydrogen-bond donors (Lipinski definition) is 0. The van der Waals surface area contributed by atoms with Crippen molar-refractivity contribution in [1.29, 1.82) is 0 Å². The predicted octanol–water partition coefficient (Wildman–Crippen LogP) is 9.34. The van der Waals surface area contributed by atoms with Crippen molar-refractivity contribution >= 4 is 33.0 Å². The monoisotopic (exact) mass is 686 g/mol. The summed E-state index contributed by atoms with van der Waals surface area (Å²) < 4.78 is 26.8. The topological polar surface area (TPSA) is 54.0 Å². The Morgan fingerprint density at radius 3 is 1.73 bits per heavy atom. The fourth-order valence-electron chi connectivity index (χ4n) is 5.74. The van der Waals surface area contributed by atoms with Gasteiger partial charge in [-0.2, -0.15) is 0 Å². The van der Waals surface area contributed by atoms with Crippen LogP contribution in [0.4, 0.5) is 0 Å². The zero-order chi connectivity index (χ0) is 35.6. The van der Waals surface area contributed by atoms with E-state index in [-0.39, 0.29) is 22.6 Å². The van der Waals surface area contributed by atoms with Gasteiger partial charge >= 0.3 is 5.97 Å². The summed E-state index contributed by atoms with van der Waals surface area (Å²) in [7, 11) is -5.11. The van der Waals surface area contributed by atoms with Crippen molar-refractivity contribution in [3.8, 4) is 0 Å². The third kappa shape index (κ3) is 10.4. The van der Waals surface area contributed by atoms with Gasteiger partial charge in [0.2, 0.25) is 14.6 Å². The largest absolute Gasteiger partial charge is 0.546 e.